The average Bonchev–Trinajstić information content (AvgIpc) is 2.67. The second-order valence-corrected chi connectivity index (χ2v) is 9.17. The number of hydrogen-bond donors (Lipinski definition) is 1. The quantitative estimate of drug-likeness (QED) is 0.790. The molecule has 1 aliphatic heterocycles. The number of fused-ring (bicyclic) bond motifs is 1. The van der Waals surface area contributed by atoms with E-state index in [4.69, 9.17) is 0 Å². The van der Waals surface area contributed by atoms with Crippen molar-refractivity contribution >= 4 is 39.1 Å². The van der Waals surface area contributed by atoms with Gasteiger partial charge in [0.25, 0.3) is 5.91 Å². The lowest BCUT2D eigenvalue weighted by atomic mass is 10.0. The Kier molecular flexibility index (Phi) is 5.58. The summed E-state index contributed by atoms with van der Waals surface area (Å²) in [7, 11) is -3.29. The number of sulfonamides is 1. The SMILES string of the molecule is CCS(=O)(=O)N1CCCc2cc(C(=O)Nc3cccc(SC)c3)ccc21. The van der Waals surface area contributed by atoms with E-state index in [1.54, 1.807) is 36.9 Å². The van der Waals surface area contributed by atoms with Crippen molar-refractivity contribution in [1.29, 1.82) is 0 Å². The first-order valence-corrected chi connectivity index (χ1v) is 11.4. The number of carbonyl (C=O) groups is 1. The molecule has 5 nitrogen and oxygen atoms in total. The molecule has 1 aliphatic rings. The van der Waals surface area contributed by atoms with Crippen LogP contribution in [-0.4, -0.2) is 32.9 Å². The lowest BCUT2D eigenvalue weighted by Gasteiger charge is -2.30. The molecule has 1 amide bonds. The van der Waals surface area contributed by atoms with E-state index in [2.05, 4.69) is 5.32 Å². The second-order valence-electron chi connectivity index (χ2n) is 6.11. The summed E-state index contributed by atoms with van der Waals surface area (Å²) in [5, 5.41) is 2.91. The Balaban J connectivity index is 1.85. The summed E-state index contributed by atoms with van der Waals surface area (Å²) in [6.45, 7) is 2.14. The molecule has 0 unspecified atom stereocenters. The molecule has 2 aromatic rings. The van der Waals surface area contributed by atoms with E-state index in [-0.39, 0.29) is 11.7 Å². The predicted molar refractivity (Wildman–Crippen MR) is 108 cm³/mol. The molecule has 0 radical (unpaired) electrons. The van der Waals surface area contributed by atoms with Gasteiger partial charge in [0.15, 0.2) is 0 Å². The van der Waals surface area contributed by atoms with Crippen molar-refractivity contribution in [1.82, 2.24) is 0 Å². The molecule has 0 bridgehead atoms. The number of rotatable bonds is 5. The van der Waals surface area contributed by atoms with Crippen molar-refractivity contribution in [3.63, 3.8) is 0 Å². The molecule has 138 valence electrons. The van der Waals surface area contributed by atoms with E-state index < -0.39 is 10.0 Å². The normalized spacial score (nSPS) is 14.0. The summed E-state index contributed by atoms with van der Waals surface area (Å²) >= 11 is 1.62. The van der Waals surface area contributed by atoms with Gasteiger partial charge >= 0.3 is 0 Å². The lowest BCUT2D eigenvalue weighted by Crippen LogP contribution is -2.36. The summed E-state index contributed by atoms with van der Waals surface area (Å²) in [5.74, 6) is -0.123. The van der Waals surface area contributed by atoms with Crippen LogP contribution in [0, 0.1) is 0 Å². The molecule has 0 saturated heterocycles. The molecule has 0 atom stereocenters. The van der Waals surface area contributed by atoms with Crippen LogP contribution in [0.5, 0.6) is 0 Å². The monoisotopic (exact) mass is 390 g/mol. The van der Waals surface area contributed by atoms with Gasteiger partial charge < -0.3 is 5.32 Å². The van der Waals surface area contributed by atoms with E-state index in [0.29, 0.717) is 17.8 Å². The highest BCUT2D eigenvalue weighted by molar-refractivity contribution is 7.98. The second kappa shape index (κ2) is 7.72. The summed E-state index contributed by atoms with van der Waals surface area (Å²) in [4.78, 5) is 13.7. The van der Waals surface area contributed by atoms with Crippen LogP contribution in [0.1, 0.15) is 29.3 Å². The Hall–Kier alpha value is -1.99. The molecule has 3 rings (SSSR count). The maximum atomic E-state index is 12.6. The van der Waals surface area contributed by atoms with Gasteiger partial charge in [-0.3, -0.25) is 9.10 Å². The first kappa shape index (κ1) is 18.8. The molecular formula is C19H22N2O3S2. The maximum Gasteiger partial charge on any atom is 0.255 e. The molecule has 1 heterocycles. The smallest absolute Gasteiger partial charge is 0.255 e. The number of thioether (sulfide) groups is 1. The fourth-order valence-corrected chi connectivity index (χ4v) is 4.71. The third-order valence-electron chi connectivity index (χ3n) is 4.45. The molecule has 0 fully saturated rings. The number of nitrogens with one attached hydrogen (secondary N) is 1. The summed E-state index contributed by atoms with van der Waals surface area (Å²) in [5.41, 5.74) is 2.88. The summed E-state index contributed by atoms with van der Waals surface area (Å²) < 4.78 is 26.0. The minimum absolute atomic E-state index is 0.0699. The van der Waals surface area contributed by atoms with E-state index >= 15 is 0 Å². The molecule has 0 aliphatic carbocycles. The molecule has 0 aromatic heterocycles. The highest BCUT2D eigenvalue weighted by atomic mass is 32.2. The number of hydrogen-bond acceptors (Lipinski definition) is 4. The van der Waals surface area contributed by atoms with Gasteiger partial charge in [-0.1, -0.05) is 6.07 Å². The Morgan fingerprint density at radius 3 is 2.77 bits per heavy atom. The standard InChI is InChI=1S/C19H22N2O3S2/c1-3-26(23,24)21-11-5-6-14-12-15(9-10-18(14)21)19(22)20-16-7-4-8-17(13-16)25-2/h4,7-10,12-13H,3,5-6,11H2,1-2H3,(H,20,22). The predicted octanol–water partition coefficient (Wildman–Crippen LogP) is 3.76. The molecule has 1 N–H and O–H groups in total. The number of carbonyl (C=O) groups excluding carboxylic acids is 1. The fraction of sp³-hybridized carbons (Fsp3) is 0.316. The first-order valence-electron chi connectivity index (χ1n) is 8.53. The van der Waals surface area contributed by atoms with Gasteiger partial charge in [-0.15, -0.1) is 11.8 Å². The summed E-state index contributed by atoms with van der Waals surface area (Å²) in [6.07, 6.45) is 3.52. The largest absolute Gasteiger partial charge is 0.322 e. The first-order chi connectivity index (χ1) is 12.4. The highest BCUT2D eigenvalue weighted by Crippen LogP contribution is 2.30. The average molecular weight is 391 g/mol. The van der Waals surface area contributed by atoms with Gasteiger partial charge in [-0.25, -0.2) is 8.42 Å². The molecular weight excluding hydrogens is 368 g/mol. The van der Waals surface area contributed by atoms with E-state index in [1.165, 1.54) is 4.31 Å². The third-order valence-corrected chi connectivity index (χ3v) is 6.95. The summed E-state index contributed by atoms with van der Waals surface area (Å²) in [6, 6.07) is 12.9. The van der Waals surface area contributed by atoms with Crippen LogP contribution in [-0.2, 0) is 16.4 Å². The van der Waals surface area contributed by atoms with Gasteiger partial charge in [-0.2, -0.15) is 0 Å². The van der Waals surface area contributed by atoms with Crippen LogP contribution in [0.4, 0.5) is 11.4 Å². The van der Waals surface area contributed by atoms with Crippen LogP contribution >= 0.6 is 11.8 Å². The number of benzene rings is 2. The zero-order valence-electron chi connectivity index (χ0n) is 14.9. The van der Waals surface area contributed by atoms with Gasteiger partial charge in [0, 0.05) is 22.7 Å². The fourth-order valence-electron chi connectivity index (χ4n) is 3.05. The molecule has 2 aromatic carbocycles. The van der Waals surface area contributed by atoms with E-state index in [9.17, 15) is 13.2 Å². The zero-order chi connectivity index (χ0) is 18.7. The Morgan fingerprint density at radius 2 is 2.04 bits per heavy atom. The molecule has 0 spiro atoms. The molecule has 7 heteroatoms. The van der Waals surface area contributed by atoms with Crippen LogP contribution in [0.2, 0.25) is 0 Å². The van der Waals surface area contributed by atoms with Gasteiger partial charge in [0.1, 0.15) is 0 Å². The number of aryl methyl sites for hydroxylation is 1. The van der Waals surface area contributed by atoms with Crippen LogP contribution in [0.25, 0.3) is 0 Å². The third kappa shape index (κ3) is 3.88. The Labute approximate surface area is 158 Å². The van der Waals surface area contributed by atoms with Crippen molar-refractivity contribution in [3.8, 4) is 0 Å². The van der Waals surface area contributed by atoms with Crippen molar-refractivity contribution in [3.05, 3.63) is 53.6 Å². The maximum absolute atomic E-state index is 12.6. The van der Waals surface area contributed by atoms with Crippen molar-refractivity contribution in [2.75, 3.05) is 28.2 Å². The number of amides is 1. The highest BCUT2D eigenvalue weighted by Gasteiger charge is 2.26. The van der Waals surface area contributed by atoms with Crippen molar-refractivity contribution in [2.24, 2.45) is 0 Å². The topological polar surface area (TPSA) is 66.5 Å². The Morgan fingerprint density at radius 1 is 1.23 bits per heavy atom. The van der Waals surface area contributed by atoms with Gasteiger partial charge in [0.05, 0.1) is 11.4 Å². The minimum atomic E-state index is -3.29. The van der Waals surface area contributed by atoms with Gasteiger partial charge in [-0.05, 0) is 68.0 Å². The Bertz CT molecular complexity index is 926. The van der Waals surface area contributed by atoms with Gasteiger partial charge in [0.2, 0.25) is 10.0 Å². The van der Waals surface area contributed by atoms with Crippen LogP contribution < -0.4 is 9.62 Å². The van der Waals surface area contributed by atoms with Crippen molar-refractivity contribution < 1.29 is 13.2 Å². The van der Waals surface area contributed by atoms with E-state index in [1.807, 2.05) is 30.5 Å². The lowest BCUT2D eigenvalue weighted by molar-refractivity contribution is 0.102. The molecule has 26 heavy (non-hydrogen) atoms. The van der Waals surface area contributed by atoms with Crippen LogP contribution in [0.3, 0.4) is 0 Å². The number of anilines is 2. The zero-order valence-corrected chi connectivity index (χ0v) is 16.5. The van der Waals surface area contributed by atoms with Crippen LogP contribution in [0.15, 0.2) is 47.4 Å². The van der Waals surface area contributed by atoms with Crippen molar-refractivity contribution in [2.45, 2.75) is 24.7 Å². The number of nitrogens with zero attached hydrogens (tertiary/aromatic N) is 1. The molecule has 0 saturated carbocycles. The van der Waals surface area contributed by atoms with E-state index in [0.717, 1.165) is 29.0 Å². The minimum Gasteiger partial charge on any atom is -0.322 e.